The Morgan fingerprint density at radius 1 is 0.952 bits per heavy atom. The minimum atomic E-state index is 0.720. The van der Waals surface area contributed by atoms with Crippen molar-refractivity contribution in [1.29, 1.82) is 0 Å². The van der Waals surface area contributed by atoms with Gasteiger partial charge in [-0.05, 0) is 47.9 Å². The van der Waals surface area contributed by atoms with Crippen LogP contribution in [0.2, 0.25) is 0 Å². The van der Waals surface area contributed by atoms with E-state index < -0.39 is 0 Å². The van der Waals surface area contributed by atoms with Crippen LogP contribution >= 0.6 is 0 Å². The van der Waals surface area contributed by atoms with Crippen LogP contribution in [-0.4, -0.2) is 6.04 Å². The quantitative estimate of drug-likeness (QED) is 0.785. The predicted molar refractivity (Wildman–Crippen MR) is 91.4 cm³/mol. The molecule has 0 bridgehead atoms. The monoisotopic (exact) mass is 281 g/mol. The smallest absolute Gasteiger partial charge is 0.0214 e. The summed E-state index contributed by atoms with van der Waals surface area (Å²) in [6, 6.07) is 16.1. The number of nitrogens with one attached hydrogen (secondary N) is 1. The number of hydrogen-bond acceptors (Lipinski definition) is 1. The molecular weight excluding hydrogens is 254 g/mol. The Labute approximate surface area is 128 Å². The SMILES string of the molecule is CCCC1CCC(NCc2cccc3ccccc23)CC1. The van der Waals surface area contributed by atoms with E-state index in [1.165, 1.54) is 54.9 Å². The van der Waals surface area contributed by atoms with Crippen molar-refractivity contribution in [3.05, 3.63) is 48.0 Å². The van der Waals surface area contributed by atoms with Gasteiger partial charge < -0.3 is 5.32 Å². The van der Waals surface area contributed by atoms with E-state index in [0.29, 0.717) is 0 Å². The Hall–Kier alpha value is -1.34. The van der Waals surface area contributed by atoms with E-state index in [1.807, 2.05) is 0 Å². The molecule has 0 aromatic heterocycles. The highest BCUT2D eigenvalue weighted by Crippen LogP contribution is 2.28. The summed E-state index contributed by atoms with van der Waals surface area (Å²) in [5.41, 5.74) is 1.43. The Bertz CT molecular complexity index is 562. The van der Waals surface area contributed by atoms with Crippen molar-refractivity contribution in [3.8, 4) is 0 Å². The first-order chi connectivity index (χ1) is 10.4. The van der Waals surface area contributed by atoms with Crippen molar-refractivity contribution < 1.29 is 0 Å². The molecule has 1 aliphatic carbocycles. The van der Waals surface area contributed by atoms with Gasteiger partial charge in [-0.1, -0.05) is 62.2 Å². The summed E-state index contributed by atoms with van der Waals surface area (Å²) in [5, 5.41) is 6.54. The molecule has 0 saturated heterocycles. The van der Waals surface area contributed by atoms with E-state index in [9.17, 15) is 0 Å². The molecule has 0 heterocycles. The fourth-order valence-corrected chi connectivity index (χ4v) is 3.76. The van der Waals surface area contributed by atoms with Gasteiger partial charge in [-0.15, -0.1) is 0 Å². The van der Waals surface area contributed by atoms with Crippen LogP contribution < -0.4 is 5.32 Å². The first-order valence-corrected chi connectivity index (χ1v) is 8.57. The van der Waals surface area contributed by atoms with Gasteiger partial charge in [-0.2, -0.15) is 0 Å². The molecule has 2 aromatic rings. The number of rotatable bonds is 5. The van der Waals surface area contributed by atoms with Crippen molar-refractivity contribution in [3.63, 3.8) is 0 Å². The van der Waals surface area contributed by atoms with Crippen LogP contribution in [0.1, 0.15) is 51.0 Å². The number of benzene rings is 2. The highest BCUT2D eigenvalue weighted by Gasteiger charge is 2.20. The van der Waals surface area contributed by atoms with E-state index in [0.717, 1.165) is 18.5 Å². The van der Waals surface area contributed by atoms with Crippen LogP contribution in [0.3, 0.4) is 0 Å². The standard InChI is InChI=1S/C20H27N/c1-2-6-16-11-13-19(14-12-16)21-15-18-9-5-8-17-7-3-4-10-20(17)18/h3-5,7-10,16,19,21H,2,6,11-15H2,1H3. The third-order valence-corrected chi connectivity index (χ3v) is 5.00. The second kappa shape index (κ2) is 7.09. The minimum absolute atomic E-state index is 0.720. The van der Waals surface area contributed by atoms with Gasteiger partial charge in [0.05, 0.1) is 0 Å². The molecule has 3 rings (SSSR count). The summed E-state index contributed by atoms with van der Waals surface area (Å²) in [6.07, 6.45) is 8.32. The molecule has 0 atom stereocenters. The highest BCUT2D eigenvalue weighted by atomic mass is 14.9. The molecule has 1 nitrogen and oxygen atoms in total. The summed E-state index contributed by atoms with van der Waals surface area (Å²) >= 11 is 0. The van der Waals surface area contributed by atoms with Gasteiger partial charge in [-0.3, -0.25) is 0 Å². The van der Waals surface area contributed by atoms with Crippen molar-refractivity contribution in [2.45, 2.75) is 58.0 Å². The topological polar surface area (TPSA) is 12.0 Å². The van der Waals surface area contributed by atoms with E-state index in [2.05, 4.69) is 54.7 Å². The maximum absolute atomic E-state index is 3.79. The lowest BCUT2D eigenvalue weighted by molar-refractivity contribution is 0.278. The van der Waals surface area contributed by atoms with Crippen LogP contribution in [-0.2, 0) is 6.54 Å². The third kappa shape index (κ3) is 3.65. The summed E-state index contributed by atoms with van der Waals surface area (Å²) in [4.78, 5) is 0. The van der Waals surface area contributed by atoms with Crippen LogP contribution in [0.4, 0.5) is 0 Å². The van der Waals surface area contributed by atoms with Gasteiger partial charge in [0.1, 0.15) is 0 Å². The van der Waals surface area contributed by atoms with Crippen molar-refractivity contribution in [2.24, 2.45) is 5.92 Å². The summed E-state index contributed by atoms with van der Waals surface area (Å²) in [6.45, 7) is 3.31. The second-order valence-electron chi connectivity index (χ2n) is 6.53. The van der Waals surface area contributed by atoms with Crippen LogP contribution in [0.15, 0.2) is 42.5 Å². The molecule has 1 saturated carbocycles. The summed E-state index contributed by atoms with van der Waals surface area (Å²) in [7, 11) is 0. The fraction of sp³-hybridized carbons (Fsp3) is 0.500. The normalized spacial score (nSPS) is 22.5. The van der Waals surface area contributed by atoms with Gasteiger partial charge in [0.15, 0.2) is 0 Å². The number of fused-ring (bicyclic) bond motifs is 1. The molecule has 0 radical (unpaired) electrons. The zero-order valence-corrected chi connectivity index (χ0v) is 13.1. The third-order valence-electron chi connectivity index (χ3n) is 5.00. The Kier molecular flexibility index (Phi) is 4.92. The Morgan fingerprint density at radius 3 is 2.52 bits per heavy atom. The van der Waals surface area contributed by atoms with Gasteiger partial charge in [0.2, 0.25) is 0 Å². The van der Waals surface area contributed by atoms with Gasteiger partial charge in [0, 0.05) is 12.6 Å². The average Bonchev–Trinajstić information content (AvgIpc) is 2.54. The highest BCUT2D eigenvalue weighted by molar-refractivity contribution is 5.85. The molecule has 2 aromatic carbocycles. The van der Waals surface area contributed by atoms with E-state index >= 15 is 0 Å². The van der Waals surface area contributed by atoms with Gasteiger partial charge >= 0.3 is 0 Å². The minimum Gasteiger partial charge on any atom is -0.310 e. The lowest BCUT2D eigenvalue weighted by Gasteiger charge is -2.29. The molecule has 0 spiro atoms. The molecule has 1 N–H and O–H groups in total. The summed E-state index contributed by atoms with van der Waals surface area (Å²) in [5.74, 6) is 0.991. The van der Waals surface area contributed by atoms with E-state index in [4.69, 9.17) is 0 Å². The maximum atomic E-state index is 3.79. The lowest BCUT2D eigenvalue weighted by atomic mass is 9.83. The lowest BCUT2D eigenvalue weighted by Crippen LogP contribution is -2.32. The molecule has 112 valence electrons. The van der Waals surface area contributed by atoms with Gasteiger partial charge in [0.25, 0.3) is 0 Å². The van der Waals surface area contributed by atoms with E-state index in [-0.39, 0.29) is 0 Å². The van der Waals surface area contributed by atoms with Gasteiger partial charge in [-0.25, -0.2) is 0 Å². The molecule has 1 heteroatoms. The average molecular weight is 281 g/mol. The maximum Gasteiger partial charge on any atom is 0.0214 e. The first-order valence-electron chi connectivity index (χ1n) is 8.57. The first kappa shape index (κ1) is 14.6. The Morgan fingerprint density at radius 2 is 1.71 bits per heavy atom. The molecule has 0 amide bonds. The van der Waals surface area contributed by atoms with Crippen molar-refractivity contribution in [2.75, 3.05) is 0 Å². The molecular formula is C20H27N. The zero-order chi connectivity index (χ0) is 14.5. The predicted octanol–water partition coefficient (Wildman–Crippen LogP) is 5.29. The number of hydrogen-bond donors (Lipinski definition) is 1. The van der Waals surface area contributed by atoms with Crippen LogP contribution in [0.25, 0.3) is 10.8 Å². The van der Waals surface area contributed by atoms with Crippen LogP contribution in [0, 0.1) is 5.92 Å². The zero-order valence-electron chi connectivity index (χ0n) is 13.1. The fourth-order valence-electron chi connectivity index (χ4n) is 3.76. The van der Waals surface area contributed by atoms with Crippen LogP contribution in [0.5, 0.6) is 0 Å². The largest absolute Gasteiger partial charge is 0.310 e. The molecule has 1 aliphatic rings. The Balaban J connectivity index is 1.58. The van der Waals surface area contributed by atoms with Crippen molar-refractivity contribution >= 4 is 10.8 Å². The second-order valence-corrected chi connectivity index (χ2v) is 6.53. The molecule has 0 aliphatic heterocycles. The molecule has 21 heavy (non-hydrogen) atoms. The molecule has 0 unspecified atom stereocenters. The van der Waals surface area contributed by atoms with E-state index in [1.54, 1.807) is 0 Å². The summed E-state index contributed by atoms with van der Waals surface area (Å²) < 4.78 is 0. The van der Waals surface area contributed by atoms with Crippen molar-refractivity contribution in [1.82, 2.24) is 5.32 Å². The molecule has 1 fully saturated rings.